The second-order valence-electron chi connectivity index (χ2n) is 7.02. The summed E-state index contributed by atoms with van der Waals surface area (Å²) < 4.78 is 12.6. The Kier molecular flexibility index (Phi) is 6.91. The van der Waals surface area contributed by atoms with Crippen LogP contribution in [0.5, 0.6) is 0 Å². The number of anilines is 1. The van der Waals surface area contributed by atoms with Crippen LogP contribution in [0.4, 0.5) is 5.00 Å². The van der Waals surface area contributed by atoms with Crippen LogP contribution in [0.25, 0.3) is 0 Å². The summed E-state index contributed by atoms with van der Waals surface area (Å²) in [6.07, 6.45) is 4.10. The van der Waals surface area contributed by atoms with Crippen molar-refractivity contribution in [2.45, 2.75) is 26.8 Å². The third-order valence-corrected chi connectivity index (χ3v) is 5.57. The molecule has 0 saturated carbocycles. The number of aromatic nitrogens is 2. The highest BCUT2D eigenvalue weighted by Crippen LogP contribution is 2.35. The molecular weight excluding hydrogens is 420 g/mol. The van der Waals surface area contributed by atoms with Gasteiger partial charge in [0.25, 0.3) is 11.8 Å². The number of carbonyl (C=O) groups excluding carboxylic acids is 3. The maximum Gasteiger partial charge on any atom is 0.341 e. The second kappa shape index (κ2) is 9.61. The lowest BCUT2D eigenvalue weighted by Gasteiger charge is -2.09. The third kappa shape index (κ3) is 5.02. The molecule has 1 N–H and O–H groups in total. The van der Waals surface area contributed by atoms with Gasteiger partial charge in [0.05, 0.1) is 23.6 Å². The first kappa shape index (κ1) is 22.3. The quantitative estimate of drug-likeness (QED) is 0.534. The Bertz CT molecular complexity index is 1080. The van der Waals surface area contributed by atoms with Gasteiger partial charge in [0.15, 0.2) is 5.76 Å². The number of furan rings is 1. The molecule has 0 saturated heterocycles. The Balaban J connectivity index is 1.86. The summed E-state index contributed by atoms with van der Waals surface area (Å²) in [5.74, 6) is -0.722. The van der Waals surface area contributed by atoms with Crippen LogP contribution in [0.15, 0.2) is 35.0 Å². The van der Waals surface area contributed by atoms with Gasteiger partial charge < -0.3 is 19.4 Å². The zero-order chi connectivity index (χ0) is 22.5. The van der Waals surface area contributed by atoms with E-state index in [4.69, 9.17) is 9.15 Å². The summed E-state index contributed by atoms with van der Waals surface area (Å²) in [7, 11) is 3.25. The topological polar surface area (TPSA) is 107 Å². The zero-order valence-electron chi connectivity index (χ0n) is 17.8. The van der Waals surface area contributed by atoms with Crippen LogP contribution in [-0.4, -0.2) is 53.2 Å². The first-order chi connectivity index (χ1) is 14.8. The largest absolute Gasteiger partial charge is 0.462 e. The number of nitrogens with zero attached hydrogens (tertiary/aromatic N) is 3. The van der Waals surface area contributed by atoms with Gasteiger partial charge in [-0.25, -0.2) is 4.79 Å². The minimum absolute atomic E-state index is 0.0848. The molecule has 3 heterocycles. The smallest absolute Gasteiger partial charge is 0.341 e. The van der Waals surface area contributed by atoms with Crippen LogP contribution >= 0.6 is 11.3 Å². The van der Waals surface area contributed by atoms with Gasteiger partial charge in [-0.15, -0.1) is 11.3 Å². The zero-order valence-corrected chi connectivity index (χ0v) is 18.6. The molecular formula is C21H24N4O5S. The maximum atomic E-state index is 12.8. The Labute approximate surface area is 183 Å². The molecule has 164 valence electrons. The second-order valence-corrected chi connectivity index (χ2v) is 8.04. The van der Waals surface area contributed by atoms with Gasteiger partial charge in [0, 0.05) is 26.5 Å². The SMILES string of the molecule is CCCOC(=O)c1c(NC(=O)c2ccc(Cn3cccn3)o2)sc(C(=O)N(C)C)c1C. The molecule has 0 aliphatic carbocycles. The number of carbonyl (C=O) groups is 3. The molecule has 2 amide bonds. The number of hydrogen-bond acceptors (Lipinski definition) is 7. The van der Waals surface area contributed by atoms with Crippen molar-refractivity contribution in [1.82, 2.24) is 14.7 Å². The summed E-state index contributed by atoms with van der Waals surface area (Å²) in [6, 6.07) is 5.03. The first-order valence-corrected chi connectivity index (χ1v) is 10.5. The lowest BCUT2D eigenvalue weighted by atomic mass is 10.1. The van der Waals surface area contributed by atoms with E-state index in [0.717, 1.165) is 11.3 Å². The van der Waals surface area contributed by atoms with Gasteiger partial charge in [-0.05, 0) is 37.1 Å². The molecule has 9 nitrogen and oxygen atoms in total. The van der Waals surface area contributed by atoms with E-state index in [2.05, 4.69) is 10.4 Å². The molecule has 3 aromatic rings. The summed E-state index contributed by atoms with van der Waals surface area (Å²) in [5.41, 5.74) is 0.652. The Morgan fingerprint density at radius 1 is 1.29 bits per heavy atom. The van der Waals surface area contributed by atoms with E-state index in [-0.39, 0.29) is 28.8 Å². The summed E-state index contributed by atoms with van der Waals surface area (Å²) in [4.78, 5) is 39.7. The number of nitrogens with one attached hydrogen (secondary N) is 1. The Hall–Kier alpha value is -3.40. The monoisotopic (exact) mass is 444 g/mol. The van der Waals surface area contributed by atoms with Crippen molar-refractivity contribution >= 4 is 34.1 Å². The molecule has 0 atom stereocenters. The van der Waals surface area contributed by atoms with E-state index in [1.807, 2.05) is 6.92 Å². The Morgan fingerprint density at radius 2 is 2.06 bits per heavy atom. The molecule has 0 bridgehead atoms. The van der Waals surface area contributed by atoms with E-state index in [1.54, 1.807) is 56.3 Å². The Morgan fingerprint density at radius 3 is 2.71 bits per heavy atom. The molecule has 0 aliphatic rings. The normalized spacial score (nSPS) is 10.7. The lowest BCUT2D eigenvalue weighted by Crippen LogP contribution is -2.21. The predicted molar refractivity (Wildman–Crippen MR) is 116 cm³/mol. The molecule has 3 rings (SSSR count). The van der Waals surface area contributed by atoms with Crippen molar-refractivity contribution in [3.63, 3.8) is 0 Å². The fourth-order valence-corrected chi connectivity index (χ4v) is 4.04. The average Bonchev–Trinajstić information content (AvgIpc) is 3.47. The van der Waals surface area contributed by atoms with E-state index < -0.39 is 11.9 Å². The van der Waals surface area contributed by atoms with E-state index in [0.29, 0.717) is 29.2 Å². The average molecular weight is 445 g/mol. The highest BCUT2D eigenvalue weighted by Gasteiger charge is 2.28. The highest BCUT2D eigenvalue weighted by atomic mass is 32.1. The molecule has 0 spiro atoms. The van der Waals surface area contributed by atoms with Gasteiger partial charge in [-0.1, -0.05) is 6.92 Å². The maximum absolute atomic E-state index is 12.8. The van der Waals surface area contributed by atoms with Gasteiger partial charge in [0.1, 0.15) is 10.8 Å². The minimum atomic E-state index is -0.581. The van der Waals surface area contributed by atoms with Crippen molar-refractivity contribution in [3.8, 4) is 0 Å². The van der Waals surface area contributed by atoms with Crippen molar-refractivity contribution < 1.29 is 23.5 Å². The fourth-order valence-electron chi connectivity index (χ4n) is 2.82. The van der Waals surface area contributed by atoms with Crippen LogP contribution in [0.3, 0.4) is 0 Å². The number of rotatable bonds is 8. The third-order valence-electron chi connectivity index (χ3n) is 4.38. The van der Waals surface area contributed by atoms with E-state index >= 15 is 0 Å². The predicted octanol–water partition coefficient (Wildman–Crippen LogP) is 3.42. The molecule has 31 heavy (non-hydrogen) atoms. The number of thiophene rings is 1. The molecule has 0 unspecified atom stereocenters. The van der Waals surface area contributed by atoms with Crippen LogP contribution in [0, 0.1) is 6.92 Å². The first-order valence-electron chi connectivity index (χ1n) is 9.71. The summed E-state index contributed by atoms with van der Waals surface area (Å²) in [5, 5.41) is 7.05. The number of esters is 1. The van der Waals surface area contributed by atoms with Gasteiger partial charge >= 0.3 is 5.97 Å². The van der Waals surface area contributed by atoms with Crippen LogP contribution in [-0.2, 0) is 11.3 Å². The summed E-state index contributed by atoms with van der Waals surface area (Å²) in [6.45, 7) is 4.18. The van der Waals surface area contributed by atoms with Crippen LogP contribution in [0.1, 0.15) is 55.3 Å². The van der Waals surface area contributed by atoms with Gasteiger partial charge in [0.2, 0.25) is 0 Å². The van der Waals surface area contributed by atoms with Crippen molar-refractivity contribution in [2.24, 2.45) is 0 Å². The highest BCUT2D eigenvalue weighted by molar-refractivity contribution is 7.18. The minimum Gasteiger partial charge on any atom is -0.462 e. The van der Waals surface area contributed by atoms with Crippen molar-refractivity contribution in [3.05, 3.63) is 58.1 Å². The standard InChI is InChI=1S/C21H24N4O5S/c1-5-11-29-21(28)16-13(2)17(20(27)24(3)4)31-19(16)23-18(26)15-8-7-14(30-15)12-25-10-6-9-22-25/h6-10H,5,11-12H2,1-4H3,(H,23,26). The molecule has 0 fully saturated rings. The van der Waals surface area contributed by atoms with Crippen molar-refractivity contribution in [1.29, 1.82) is 0 Å². The number of ether oxygens (including phenoxy) is 1. The summed E-state index contributed by atoms with van der Waals surface area (Å²) >= 11 is 1.04. The molecule has 0 aromatic carbocycles. The van der Waals surface area contributed by atoms with Gasteiger partial charge in [-0.3, -0.25) is 14.3 Å². The lowest BCUT2D eigenvalue weighted by molar-refractivity contribution is 0.0506. The van der Waals surface area contributed by atoms with Crippen LogP contribution in [0.2, 0.25) is 0 Å². The van der Waals surface area contributed by atoms with Crippen LogP contribution < -0.4 is 5.32 Å². The van der Waals surface area contributed by atoms with E-state index in [1.165, 1.54) is 4.90 Å². The molecule has 0 radical (unpaired) electrons. The molecule has 10 heteroatoms. The van der Waals surface area contributed by atoms with Gasteiger partial charge in [-0.2, -0.15) is 5.10 Å². The number of hydrogen-bond donors (Lipinski definition) is 1. The molecule has 3 aromatic heterocycles. The van der Waals surface area contributed by atoms with Crippen molar-refractivity contribution in [2.75, 3.05) is 26.0 Å². The molecule has 0 aliphatic heterocycles. The fraction of sp³-hybridized carbons (Fsp3) is 0.333. The number of amides is 2. The van der Waals surface area contributed by atoms with E-state index in [9.17, 15) is 14.4 Å².